The van der Waals surface area contributed by atoms with E-state index in [0.29, 0.717) is 30.2 Å². The molecule has 40 heavy (non-hydrogen) atoms. The molecule has 3 aliphatic heterocycles. The van der Waals surface area contributed by atoms with E-state index in [-0.39, 0.29) is 30.6 Å². The number of aromatic nitrogens is 3. The maximum absolute atomic E-state index is 13.6. The lowest BCUT2D eigenvalue weighted by Gasteiger charge is -2.35. The summed E-state index contributed by atoms with van der Waals surface area (Å²) in [4.78, 5) is 30.3. The number of ether oxygens (including phenoxy) is 3. The van der Waals surface area contributed by atoms with Crippen LogP contribution in [0.4, 0.5) is 35.3 Å². The van der Waals surface area contributed by atoms with Gasteiger partial charge in [0.05, 0.1) is 29.6 Å². The normalized spacial score (nSPS) is 21.3. The number of urea groups is 1. The molecule has 6 rings (SSSR count). The van der Waals surface area contributed by atoms with E-state index in [4.69, 9.17) is 14.2 Å². The summed E-state index contributed by atoms with van der Waals surface area (Å²) in [7, 11) is 0. The quantitative estimate of drug-likeness (QED) is 0.482. The van der Waals surface area contributed by atoms with E-state index in [9.17, 15) is 18.0 Å². The van der Waals surface area contributed by atoms with Gasteiger partial charge in [0, 0.05) is 24.8 Å². The molecule has 1 unspecified atom stereocenters. The lowest BCUT2D eigenvalue weighted by atomic mass is 10.1. The minimum atomic E-state index is -4.48. The van der Waals surface area contributed by atoms with Crippen molar-refractivity contribution in [3.05, 3.63) is 54.2 Å². The topological polar surface area (TPSA) is 102 Å². The fourth-order valence-electron chi connectivity index (χ4n) is 5.15. The van der Waals surface area contributed by atoms with Gasteiger partial charge in [0.15, 0.2) is 11.6 Å². The Balaban J connectivity index is 1.22. The Morgan fingerprint density at radius 1 is 1.20 bits per heavy atom. The van der Waals surface area contributed by atoms with Crippen molar-refractivity contribution in [2.45, 2.75) is 44.4 Å². The number of halogens is 3. The highest BCUT2D eigenvalue weighted by atomic mass is 19.4. The number of hydrogen-bond donors (Lipinski definition) is 1. The van der Waals surface area contributed by atoms with Crippen LogP contribution in [-0.2, 0) is 15.7 Å². The lowest BCUT2D eigenvalue weighted by Crippen LogP contribution is -2.48. The smallest absolute Gasteiger partial charge is 0.416 e. The van der Waals surface area contributed by atoms with Crippen molar-refractivity contribution in [3.8, 4) is 17.3 Å². The van der Waals surface area contributed by atoms with E-state index in [2.05, 4.69) is 25.2 Å². The number of rotatable bonds is 5. The second kappa shape index (κ2) is 9.89. The number of hydrogen-bond acceptors (Lipinski definition) is 8. The van der Waals surface area contributed by atoms with Gasteiger partial charge in [0.1, 0.15) is 18.5 Å². The highest BCUT2D eigenvalue weighted by molar-refractivity contribution is 6.04. The van der Waals surface area contributed by atoms with E-state index in [1.807, 2.05) is 13.8 Å². The van der Waals surface area contributed by atoms with Crippen LogP contribution in [-0.4, -0.2) is 65.2 Å². The van der Waals surface area contributed by atoms with Gasteiger partial charge in [-0.05, 0) is 50.6 Å². The monoisotopic (exact) mass is 556 g/mol. The van der Waals surface area contributed by atoms with Crippen LogP contribution < -0.4 is 19.9 Å². The van der Waals surface area contributed by atoms with Gasteiger partial charge in [-0.15, -0.1) is 0 Å². The second-order valence-corrected chi connectivity index (χ2v) is 10.3. The molecule has 0 aliphatic carbocycles. The summed E-state index contributed by atoms with van der Waals surface area (Å²) < 4.78 is 56.8. The summed E-state index contributed by atoms with van der Waals surface area (Å²) in [6.45, 7) is 5.56. The Labute approximate surface area is 228 Å². The highest BCUT2D eigenvalue weighted by Crippen LogP contribution is 2.41. The Morgan fingerprint density at radius 3 is 2.83 bits per heavy atom. The van der Waals surface area contributed by atoms with Crippen LogP contribution in [0.15, 0.2) is 48.7 Å². The van der Waals surface area contributed by atoms with Gasteiger partial charge in [0.2, 0.25) is 0 Å². The van der Waals surface area contributed by atoms with Crippen LogP contribution in [0.25, 0.3) is 11.3 Å². The van der Waals surface area contributed by atoms with Crippen LogP contribution in [0.1, 0.15) is 25.8 Å². The molecule has 0 saturated carbocycles. The minimum Gasteiger partial charge on any atom is -0.461 e. The molecule has 2 amide bonds. The fourth-order valence-corrected chi connectivity index (χ4v) is 5.15. The number of alkyl halides is 3. The third-order valence-corrected chi connectivity index (χ3v) is 6.99. The molecular weight excluding hydrogens is 529 g/mol. The van der Waals surface area contributed by atoms with Crippen molar-refractivity contribution in [1.29, 1.82) is 0 Å². The molecule has 0 spiro atoms. The van der Waals surface area contributed by atoms with Crippen molar-refractivity contribution < 1.29 is 32.2 Å². The Bertz CT molecular complexity index is 1440. The molecule has 1 N–H and O–H groups in total. The third-order valence-electron chi connectivity index (χ3n) is 6.99. The van der Waals surface area contributed by atoms with Gasteiger partial charge in [-0.1, -0.05) is 12.1 Å². The first-order valence-electron chi connectivity index (χ1n) is 12.9. The van der Waals surface area contributed by atoms with Crippen molar-refractivity contribution in [1.82, 2.24) is 15.0 Å². The molecule has 13 heteroatoms. The molecule has 210 valence electrons. The van der Waals surface area contributed by atoms with Gasteiger partial charge >= 0.3 is 18.2 Å². The van der Waals surface area contributed by atoms with Crippen LogP contribution in [0, 0.1) is 0 Å². The summed E-state index contributed by atoms with van der Waals surface area (Å²) in [6, 6.07) is 9.47. The first-order chi connectivity index (χ1) is 19.1. The molecule has 3 aliphatic rings. The van der Waals surface area contributed by atoms with E-state index < -0.39 is 23.6 Å². The predicted octanol–water partition coefficient (Wildman–Crippen LogP) is 4.72. The Kier molecular flexibility index (Phi) is 6.50. The highest BCUT2D eigenvalue weighted by Gasteiger charge is 2.41. The van der Waals surface area contributed by atoms with E-state index in [0.717, 1.165) is 30.8 Å². The number of carbonyl (C=O) groups is 1. The standard InChI is InChI=1S/C27H27F3N6O4/c1-26(2)39-15-19(40-26)14-38-24-31-10-8-22(33-24)34-25(37)36-18-9-11-35(13-18)21-7-6-20(32-23(21)36)16-4-3-5-17(12-16)27(28,29)30/h3-8,10,12,18-19H,9,11,13-15H2,1-2H3,(H,31,33,34,37)/t18?,19-/m1/s1. The molecule has 2 bridgehead atoms. The number of carbonyl (C=O) groups excluding carboxylic acids is 1. The van der Waals surface area contributed by atoms with Gasteiger partial charge < -0.3 is 19.1 Å². The molecule has 2 atom stereocenters. The average molecular weight is 557 g/mol. The van der Waals surface area contributed by atoms with E-state index in [1.165, 1.54) is 12.3 Å². The number of anilines is 3. The minimum absolute atomic E-state index is 0.0714. The second-order valence-electron chi connectivity index (χ2n) is 10.3. The third kappa shape index (κ3) is 5.26. The van der Waals surface area contributed by atoms with E-state index >= 15 is 0 Å². The molecule has 1 aromatic carbocycles. The van der Waals surface area contributed by atoms with Gasteiger partial charge in [-0.2, -0.15) is 18.2 Å². The molecule has 10 nitrogen and oxygen atoms in total. The first-order valence-corrected chi connectivity index (χ1v) is 12.9. The van der Waals surface area contributed by atoms with Gasteiger partial charge in [0.25, 0.3) is 0 Å². The average Bonchev–Trinajstić information content (AvgIpc) is 3.50. The van der Waals surface area contributed by atoms with Crippen molar-refractivity contribution in [2.24, 2.45) is 0 Å². The maximum Gasteiger partial charge on any atom is 0.416 e. The zero-order valence-corrected chi connectivity index (χ0v) is 21.8. The van der Waals surface area contributed by atoms with E-state index in [1.54, 1.807) is 29.2 Å². The first kappa shape index (κ1) is 26.3. The number of benzene rings is 1. The molecule has 5 heterocycles. The van der Waals surface area contributed by atoms with Crippen LogP contribution in [0.3, 0.4) is 0 Å². The molecular formula is C27H27F3N6O4. The summed E-state index contributed by atoms with van der Waals surface area (Å²) in [6.07, 6.45) is -2.56. The lowest BCUT2D eigenvalue weighted by molar-refractivity contribution is -0.141. The Morgan fingerprint density at radius 2 is 2.05 bits per heavy atom. The zero-order chi connectivity index (χ0) is 28.1. The maximum atomic E-state index is 13.6. The van der Waals surface area contributed by atoms with Crippen molar-refractivity contribution in [3.63, 3.8) is 0 Å². The van der Waals surface area contributed by atoms with Crippen molar-refractivity contribution >= 4 is 23.4 Å². The molecule has 2 fully saturated rings. The number of nitrogens with one attached hydrogen (secondary N) is 1. The van der Waals surface area contributed by atoms with Crippen LogP contribution in [0.2, 0.25) is 0 Å². The van der Waals surface area contributed by atoms with Crippen LogP contribution in [0.5, 0.6) is 6.01 Å². The molecule has 0 radical (unpaired) electrons. The summed E-state index contributed by atoms with van der Waals surface area (Å²) >= 11 is 0. The number of amides is 2. The predicted molar refractivity (Wildman–Crippen MR) is 139 cm³/mol. The molecule has 3 aromatic rings. The zero-order valence-electron chi connectivity index (χ0n) is 21.8. The largest absolute Gasteiger partial charge is 0.461 e. The summed E-state index contributed by atoms with van der Waals surface area (Å²) in [5, 5.41) is 2.80. The van der Waals surface area contributed by atoms with Crippen molar-refractivity contribution in [2.75, 3.05) is 41.4 Å². The van der Waals surface area contributed by atoms with Gasteiger partial charge in [-0.3, -0.25) is 10.2 Å². The van der Waals surface area contributed by atoms with Crippen LogP contribution >= 0.6 is 0 Å². The summed E-state index contributed by atoms with van der Waals surface area (Å²) in [5.74, 6) is -0.0667. The van der Waals surface area contributed by atoms with Gasteiger partial charge in [-0.25, -0.2) is 14.8 Å². The number of nitrogens with zero attached hydrogens (tertiary/aromatic N) is 5. The fraction of sp³-hybridized carbons (Fsp3) is 0.407. The molecule has 2 saturated heterocycles. The number of pyridine rings is 1. The number of fused-ring (bicyclic) bond motifs is 4. The SMILES string of the molecule is CC1(C)OC[C@@H](COc2nccc(NC(=O)N3c4nc(-c5cccc(C(F)(F)F)c5)ccc4N4CCC3C4)n2)O1. The summed E-state index contributed by atoms with van der Waals surface area (Å²) in [5.41, 5.74) is 0.626. The Hall–Kier alpha value is -3.97. The molecule has 2 aromatic heterocycles.